The molecule has 7 heteroatoms. The molecular formula is C23H21N3O3S. The molecule has 0 saturated heterocycles. The summed E-state index contributed by atoms with van der Waals surface area (Å²) >= 11 is 1.40. The number of benzene rings is 2. The maximum atomic E-state index is 13.4. The van der Waals surface area contributed by atoms with E-state index >= 15 is 0 Å². The third-order valence-corrected chi connectivity index (χ3v) is 6.36. The zero-order valence-electron chi connectivity index (χ0n) is 16.2. The predicted molar refractivity (Wildman–Crippen MR) is 117 cm³/mol. The quantitative estimate of drug-likeness (QED) is 0.586. The number of urea groups is 1. The molecule has 0 saturated carbocycles. The predicted octanol–water partition coefficient (Wildman–Crippen LogP) is 3.82. The molecule has 0 radical (unpaired) electrons. The molecule has 4 N–H and O–H groups in total. The number of fused-ring (bicyclic) bond motifs is 1. The van der Waals surface area contributed by atoms with Crippen molar-refractivity contribution in [3.63, 3.8) is 0 Å². The number of hydrogen-bond donors (Lipinski definition) is 3. The van der Waals surface area contributed by atoms with Gasteiger partial charge in [-0.05, 0) is 36.0 Å². The Bertz CT molecular complexity index is 1050. The molecule has 3 aromatic rings. The summed E-state index contributed by atoms with van der Waals surface area (Å²) in [5, 5.41) is 5.55. The van der Waals surface area contributed by atoms with Gasteiger partial charge in [0.25, 0.3) is 5.91 Å². The number of thiophene rings is 1. The van der Waals surface area contributed by atoms with Crippen LogP contribution in [-0.4, -0.2) is 17.8 Å². The van der Waals surface area contributed by atoms with E-state index in [0.717, 1.165) is 40.8 Å². The number of carbonyl (C=O) groups excluding carboxylic acids is 3. The van der Waals surface area contributed by atoms with E-state index in [-0.39, 0.29) is 5.91 Å². The molecule has 6 nitrogen and oxygen atoms in total. The van der Waals surface area contributed by atoms with Crippen LogP contribution in [0.5, 0.6) is 0 Å². The highest BCUT2D eigenvalue weighted by Gasteiger charge is 2.30. The van der Waals surface area contributed by atoms with Crippen molar-refractivity contribution in [2.24, 2.45) is 5.73 Å². The summed E-state index contributed by atoms with van der Waals surface area (Å²) in [4.78, 5) is 38.3. The zero-order chi connectivity index (χ0) is 21.1. The van der Waals surface area contributed by atoms with Crippen molar-refractivity contribution in [1.82, 2.24) is 5.32 Å². The van der Waals surface area contributed by atoms with Crippen LogP contribution >= 0.6 is 11.3 Å². The first-order chi connectivity index (χ1) is 14.5. The molecular weight excluding hydrogens is 398 g/mol. The van der Waals surface area contributed by atoms with Crippen molar-refractivity contribution >= 4 is 34.2 Å². The van der Waals surface area contributed by atoms with E-state index in [1.807, 2.05) is 60.7 Å². The van der Waals surface area contributed by atoms with Gasteiger partial charge in [-0.3, -0.25) is 14.9 Å². The molecule has 0 fully saturated rings. The van der Waals surface area contributed by atoms with Crippen LogP contribution in [0.1, 0.15) is 44.3 Å². The Morgan fingerprint density at radius 3 is 2.07 bits per heavy atom. The van der Waals surface area contributed by atoms with Gasteiger partial charge in [0.15, 0.2) is 0 Å². The summed E-state index contributed by atoms with van der Waals surface area (Å²) in [6.07, 6.45) is 2.54. The van der Waals surface area contributed by atoms with Crippen molar-refractivity contribution in [1.29, 1.82) is 0 Å². The third-order valence-electron chi connectivity index (χ3n) is 5.15. The van der Waals surface area contributed by atoms with E-state index in [1.54, 1.807) is 0 Å². The number of imide groups is 1. The Morgan fingerprint density at radius 2 is 1.50 bits per heavy atom. The lowest BCUT2D eigenvalue weighted by molar-refractivity contribution is -0.116. The van der Waals surface area contributed by atoms with E-state index in [9.17, 15) is 14.4 Å². The molecule has 1 aliphatic rings. The highest BCUT2D eigenvalue weighted by atomic mass is 32.1. The normalized spacial score (nSPS) is 12.4. The minimum atomic E-state index is -0.915. The Kier molecular flexibility index (Phi) is 5.63. The van der Waals surface area contributed by atoms with Crippen LogP contribution < -0.4 is 16.4 Å². The minimum Gasteiger partial charge on any atom is -0.351 e. The molecule has 0 unspecified atom stereocenters. The van der Waals surface area contributed by atoms with E-state index < -0.39 is 17.9 Å². The topological polar surface area (TPSA) is 101 Å². The summed E-state index contributed by atoms with van der Waals surface area (Å²) in [5.41, 5.74) is 8.09. The van der Waals surface area contributed by atoms with Gasteiger partial charge < -0.3 is 11.1 Å². The van der Waals surface area contributed by atoms with Crippen LogP contribution in [0.3, 0.4) is 0 Å². The lowest BCUT2D eigenvalue weighted by Crippen LogP contribution is -2.35. The van der Waals surface area contributed by atoms with Crippen molar-refractivity contribution < 1.29 is 14.4 Å². The molecule has 1 aromatic heterocycles. The van der Waals surface area contributed by atoms with E-state index in [1.165, 1.54) is 11.3 Å². The van der Waals surface area contributed by atoms with Crippen molar-refractivity contribution in [2.75, 3.05) is 5.32 Å². The molecule has 4 rings (SSSR count). The number of carbonyl (C=O) groups is 3. The maximum Gasteiger partial charge on any atom is 0.319 e. The maximum absolute atomic E-state index is 13.4. The van der Waals surface area contributed by atoms with E-state index in [2.05, 4.69) is 10.6 Å². The number of hydrogen-bond acceptors (Lipinski definition) is 4. The fourth-order valence-electron chi connectivity index (χ4n) is 3.88. The van der Waals surface area contributed by atoms with Crippen LogP contribution in [-0.2, 0) is 17.6 Å². The SMILES string of the molecule is NC(=O)NC(=O)c1c(NC(=O)C(c2ccccc2)c2ccccc2)sc2c1CCC2. The van der Waals surface area contributed by atoms with Gasteiger partial charge >= 0.3 is 6.03 Å². The number of amides is 4. The standard InChI is InChI=1S/C23H21N3O3S/c24-23(29)26-21(28)19-16-12-7-13-17(16)30-22(19)25-20(27)18(14-8-3-1-4-9-14)15-10-5-2-6-11-15/h1-6,8-11,18H,7,12-13H2,(H,25,27)(H3,24,26,28,29). The number of rotatable bonds is 5. The first kappa shape index (κ1) is 19.8. The van der Waals surface area contributed by atoms with Crippen LogP contribution in [0.25, 0.3) is 0 Å². The number of anilines is 1. The fraction of sp³-hybridized carbons (Fsp3) is 0.174. The van der Waals surface area contributed by atoms with Gasteiger partial charge in [0.2, 0.25) is 5.91 Å². The lowest BCUT2D eigenvalue weighted by atomic mass is 9.90. The highest BCUT2D eigenvalue weighted by molar-refractivity contribution is 7.17. The van der Waals surface area contributed by atoms with Gasteiger partial charge in [-0.25, -0.2) is 4.79 Å². The molecule has 30 heavy (non-hydrogen) atoms. The molecule has 152 valence electrons. The largest absolute Gasteiger partial charge is 0.351 e. The molecule has 4 amide bonds. The zero-order valence-corrected chi connectivity index (χ0v) is 17.0. The first-order valence-electron chi connectivity index (χ1n) is 9.70. The molecule has 0 bridgehead atoms. The second-order valence-electron chi connectivity index (χ2n) is 7.12. The van der Waals surface area contributed by atoms with Crippen LogP contribution in [0, 0.1) is 0 Å². The van der Waals surface area contributed by atoms with Crippen LogP contribution in [0.15, 0.2) is 60.7 Å². The molecule has 1 aliphatic carbocycles. The Labute approximate surface area is 178 Å². The smallest absolute Gasteiger partial charge is 0.319 e. The lowest BCUT2D eigenvalue weighted by Gasteiger charge is -2.18. The number of primary amides is 1. The van der Waals surface area contributed by atoms with Gasteiger partial charge in [-0.1, -0.05) is 60.7 Å². The van der Waals surface area contributed by atoms with E-state index in [0.29, 0.717) is 10.6 Å². The number of aryl methyl sites for hydroxylation is 1. The highest BCUT2D eigenvalue weighted by Crippen LogP contribution is 2.40. The number of nitrogens with two attached hydrogens (primary N) is 1. The van der Waals surface area contributed by atoms with Crippen LogP contribution in [0.2, 0.25) is 0 Å². The second-order valence-corrected chi connectivity index (χ2v) is 8.23. The monoisotopic (exact) mass is 419 g/mol. The van der Waals surface area contributed by atoms with E-state index in [4.69, 9.17) is 5.73 Å². The first-order valence-corrected chi connectivity index (χ1v) is 10.5. The summed E-state index contributed by atoms with van der Waals surface area (Å²) < 4.78 is 0. The van der Waals surface area contributed by atoms with Gasteiger partial charge in [-0.15, -0.1) is 11.3 Å². The Morgan fingerprint density at radius 1 is 0.900 bits per heavy atom. The van der Waals surface area contributed by atoms with Gasteiger partial charge in [0.05, 0.1) is 11.5 Å². The summed E-state index contributed by atoms with van der Waals surface area (Å²) in [6, 6.07) is 18.1. The summed E-state index contributed by atoms with van der Waals surface area (Å²) in [5.74, 6) is -1.34. The molecule has 2 aromatic carbocycles. The average molecular weight is 420 g/mol. The number of nitrogens with one attached hydrogen (secondary N) is 2. The molecule has 1 heterocycles. The van der Waals surface area contributed by atoms with Crippen molar-refractivity contribution in [3.8, 4) is 0 Å². The molecule has 0 aliphatic heterocycles. The second kappa shape index (κ2) is 8.51. The molecule has 0 spiro atoms. The average Bonchev–Trinajstić information content (AvgIpc) is 3.30. The van der Waals surface area contributed by atoms with Gasteiger partial charge in [0, 0.05) is 4.88 Å². The van der Waals surface area contributed by atoms with Gasteiger partial charge in [0.1, 0.15) is 5.00 Å². The Hall–Kier alpha value is -3.45. The molecule has 0 atom stereocenters. The Balaban J connectivity index is 1.70. The third kappa shape index (κ3) is 3.97. The summed E-state index contributed by atoms with van der Waals surface area (Å²) in [7, 11) is 0. The van der Waals surface area contributed by atoms with Crippen molar-refractivity contribution in [2.45, 2.75) is 25.2 Å². The van der Waals surface area contributed by atoms with Crippen molar-refractivity contribution in [3.05, 3.63) is 87.8 Å². The van der Waals surface area contributed by atoms with Crippen LogP contribution in [0.4, 0.5) is 9.80 Å². The summed E-state index contributed by atoms with van der Waals surface area (Å²) in [6.45, 7) is 0. The fourth-order valence-corrected chi connectivity index (χ4v) is 5.17. The van der Waals surface area contributed by atoms with Gasteiger partial charge in [-0.2, -0.15) is 0 Å². The minimum absolute atomic E-state index is 0.236.